The quantitative estimate of drug-likeness (QED) is 0.259. The Kier molecular flexibility index (Phi) is 9.13. The van der Waals surface area contributed by atoms with Crippen LogP contribution < -0.4 is 25.4 Å². The Morgan fingerprint density at radius 3 is 2.34 bits per heavy atom. The number of amides is 1. The predicted molar refractivity (Wildman–Crippen MR) is 153 cm³/mol. The van der Waals surface area contributed by atoms with Gasteiger partial charge in [0.1, 0.15) is 22.5 Å². The number of nitrogens with one attached hydrogen (secondary N) is 3. The van der Waals surface area contributed by atoms with E-state index in [2.05, 4.69) is 20.9 Å². The van der Waals surface area contributed by atoms with Crippen molar-refractivity contribution in [2.24, 2.45) is 0 Å². The molecule has 202 valence electrons. The number of aromatic nitrogens is 1. The Morgan fingerprint density at radius 2 is 1.68 bits per heavy atom. The molecule has 4 rings (SSSR count). The zero-order valence-electron chi connectivity index (χ0n) is 22.6. The normalized spacial score (nSPS) is 14.6. The minimum Gasteiger partial charge on any atom is -0.497 e. The second-order valence-corrected chi connectivity index (χ2v) is 10.3. The monoisotopic (exact) mass is 536 g/mol. The van der Waals surface area contributed by atoms with Crippen molar-refractivity contribution in [1.82, 2.24) is 10.3 Å². The molecule has 0 unspecified atom stereocenters. The summed E-state index contributed by atoms with van der Waals surface area (Å²) in [7, 11) is 3.30. The van der Waals surface area contributed by atoms with Crippen LogP contribution in [0.25, 0.3) is 0 Å². The average Bonchev–Trinajstić information content (AvgIpc) is 2.92. The molecule has 1 aliphatic rings. The SMILES string of the molecule is COc1ccc(CNc2nc(Cl)cc(C)c2CNC2(C(=O)Nc3ccc(OC)c(C)c3)CCCCC2)cc1. The van der Waals surface area contributed by atoms with Crippen LogP contribution in [0.3, 0.4) is 0 Å². The summed E-state index contributed by atoms with van der Waals surface area (Å²) in [6, 6.07) is 15.5. The highest BCUT2D eigenvalue weighted by Crippen LogP contribution is 2.32. The van der Waals surface area contributed by atoms with Crippen LogP contribution >= 0.6 is 11.6 Å². The van der Waals surface area contributed by atoms with E-state index in [-0.39, 0.29) is 5.91 Å². The fraction of sp³-hybridized carbons (Fsp3) is 0.400. The van der Waals surface area contributed by atoms with E-state index in [1.807, 2.05) is 62.4 Å². The van der Waals surface area contributed by atoms with Crippen LogP contribution in [-0.4, -0.2) is 30.6 Å². The fourth-order valence-corrected chi connectivity index (χ4v) is 5.31. The zero-order valence-corrected chi connectivity index (χ0v) is 23.4. The first-order chi connectivity index (χ1) is 18.3. The number of hydrogen-bond donors (Lipinski definition) is 3. The third-order valence-electron chi connectivity index (χ3n) is 7.33. The molecule has 0 spiro atoms. The summed E-state index contributed by atoms with van der Waals surface area (Å²) >= 11 is 6.33. The molecule has 1 aliphatic carbocycles. The maximum Gasteiger partial charge on any atom is 0.244 e. The van der Waals surface area contributed by atoms with Crippen molar-refractivity contribution in [2.45, 2.75) is 64.6 Å². The van der Waals surface area contributed by atoms with Crippen molar-refractivity contribution in [2.75, 3.05) is 24.9 Å². The Labute approximate surface area is 230 Å². The molecule has 1 saturated carbocycles. The molecule has 1 fully saturated rings. The van der Waals surface area contributed by atoms with Crippen LogP contribution in [0.2, 0.25) is 5.15 Å². The number of rotatable bonds is 10. The molecule has 3 aromatic rings. The van der Waals surface area contributed by atoms with Crippen LogP contribution in [0.1, 0.15) is 54.4 Å². The molecule has 1 heterocycles. The molecular formula is C30H37ClN4O3. The molecule has 0 atom stereocenters. The van der Waals surface area contributed by atoms with Gasteiger partial charge in [-0.25, -0.2) is 4.98 Å². The van der Waals surface area contributed by atoms with E-state index in [0.717, 1.165) is 77.4 Å². The second kappa shape index (κ2) is 12.5. The topological polar surface area (TPSA) is 84.5 Å². The van der Waals surface area contributed by atoms with E-state index in [4.69, 9.17) is 21.1 Å². The van der Waals surface area contributed by atoms with Gasteiger partial charge in [-0.1, -0.05) is 43.0 Å². The van der Waals surface area contributed by atoms with Gasteiger partial charge in [0.15, 0.2) is 0 Å². The van der Waals surface area contributed by atoms with Gasteiger partial charge in [0.25, 0.3) is 0 Å². The largest absolute Gasteiger partial charge is 0.497 e. The molecule has 38 heavy (non-hydrogen) atoms. The molecule has 1 amide bonds. The summed E-state index contributed by atoms with van der Waals surface area (Å²) in [5, 5.41) is 10.7. The third kappa shape index (κ3) is 6.58. The van der Waals surface area contributed by atoms with Crippen molar-refractivity contribution in [3.8, 4) is 11.5 Å². The van der Waals surface area contributed by atoms with Crippen molar-refractivity contribution in [1.29, 1.82) is 0 Å². The maximum absolute atomic E-state index is 13.7. The maximum atomic E-state index is 13.7. The van der Waals surface area contributed by atoms with Gasteiger partial charge in [-0.15, -0.1) is 0 Å². The Bertz CT molecular complexity index is 1260. The van der Waals surface area contributed by atoms with Crippen molar-refractivity contribution < 1.29 is 14.3 Å². The van der Waals surface area contributed by atoms with Gasteiger partial charge in [-0.2, -0.15) is 0 Å². The van der Waals surface area contributed by atoms with Crippen molar-refractivity contribution in [3.05, 3.63) is 75.9 Å². The number of ether oxygens (including phenoxy) is 2. The van der Waals surface area contributed by atoms with E-state index in [9.17, 15) is 4.79 Å². The average molecular weight is 537 g/mol. The standard InChI is InChI=1S/C30H37ClN4O3/c1-20-17-27(31)35-28(32-18-22-8-11-24(37-3)12-9-22)25(20)19-33-30(14-6-5-7-15-30)29(36)34-23-10-13-26(38-4)21(2)16-23/h8-13,16-17,33H,5-7,14-15,18-19H2,1-4H3,(H,32,35)(H,34,36). The first-order valence-corrected chi connectivity index (χ1v) is 13.5. The Balaban J connectivity index is 1.52. The summed E-state index contributed by atoms with van der Waals surface area (Å²) in [4.78, 5) is 18.3. The lowest BCUT2D eigenvalue weighted by Gasteiger charge is -2.37. The summed E-state index contributed by atoms with van der Waals surface area (Å²) in [5.74, 6) is 2.33. The van der Waals surface area contributed by atoms with Crippen LogP contribution in [-0.2, 0) is 17.9 Å². The number of benzene rings is 2. The lowest BCUT2D eigenvalue weighted by Crippen LogP contribution is -2.55. The first-order valence-electron chi connectivity index (χ1n) is 13.1. The number of carbonyl (C=O) groups excluding carboxylic acids is 1. The van der Waals surface area contributed by atoms with E-state index >= 15 is 0 Å². The minimum absolute atomic E-state index is 0.00548. The Morgan fingerprint density at radius 1 is 0.947 bits per heavy atom. The third-order valence-corrected chi connectivity index (χ3v) is 7.53. The van der Waals surface area contributed by atoms with E-state index in [0.29, 0.717) is 18.2 Å². The minimum atomic E-state index is -0.661. The van der Waals surface area contributed by atoms with Gasteiger partial charge < -0.3 is 20.1 Å². The number of methoxy groups -OCH3 is 2. The number of anilines is 2. The number of halogens is 1. The smallest absolute Gasteiger partial charge is 0.244 e. The van der Waals surface area contributed by atoms with Crippen LogP contribution in [0.5, 0.6) is 11.5 Å². The van der Waals surface area contributed by atoms with E-state index in [1.54, 1.807) is 14.2 Å². The molecule has 0 aliphatic heterocycles. The number of carbonyl (C=O) groups is 1. The predicted octanol–water partition coefficient (Wildman–Crippen LogP) is 6.41. The number of aryl methyl sites for hydroxylation is 2. The molecule has 8 heteroatoms. The lowest BCUT2D eigenvalue weighted by atomic mass is 9.80. The van der Waals surface area contributed by atoms with Gasteiger partial charge >= 0.3 is 0 Å². The molecule has 0 radical (unpaired) electrons. The number of hydrogen-bond acceptors (Lipinski definition) is 6. The molecule has 7 nitrogen and oxygen atoms in total. The van der Waals surface area contributed by atoms with Gasteiger partial charge in [0.2, 0.25) is 5.91 Å². The molecule has 0 bridgehead atoms. The van der Waals surface area contributed by atoms with Gasteiger partial charge in [0, 0.05) is 24.3 Å². The van der Waals surface area contributed by atoms with Gasteiger partial charge in [-0.3, -0.25) is 10.1 Å². The molecule has 0 saturated heterocycles. The summed E-state index contributed by atoms with van der Waals surface area (Å²) < 4.78 is 10.6. The van der Waals surface area contributed by atoms with Crippen molar-refractivity contribution in [3.63, 3.8) is 0 Å². The lowest BCUT2D eigenvalue weighted by molar-refractivity contribution is -0.123. The molecule has 3 N–H and O–H groups in total. The highest BCUT2D eigenvalue weighted by Gasteiger charge is 2.39. The van der Waals surface area contributed by atoms with Crippen LogP contribution in [0, 0.1) is 13.8 Å². The Hall–Kier alpha value is -3.29. The summed E-state index contributed by atoms with van der Waals surface area (Å²) in [6.07, 6.45) is 4.70. The fourth-order valence-electron chi connectivity index (χ4n) is 5.06. The van der Waals surface area contributed by atoms with Gasteiger partial charge in [0.05, 0.1) is 19.8 Å². The van der Waals surface area contributed by atoms with E-state index in [1.165, 1.54) is 0 Å². The second-order valence-electron chi connectivity index (χ2n) is 9.93. The molecule has 1 aromatic heterocycles. The van der Waals surface area contributed by atoms with Crippen LogP contribution in [0.4, 0.5) is 11.5 Å². The van der Waals surface area contributed by atoms with E-state index < -0.39 is 5.54 Å². The summed E-state index contributed by atoms with van der Waals surface area (Å²) in [6.45, 7) is 5.08. The highest BCUT2D eigenvalue weighted by molar-refractivity contribution is 6.29. The highest BCUT2D eigenvalue weighted by atomic mass is 35.5. The zero-order chi connectivity index (χ0) is 27.1. The van der Waals surface area contributed by atoms with Crippen molar-refractivity contribution >= 4 is 29.0 Å². The van der Waals surface area contributed by atoms with Crippen LogP contribution in [0.15, 0.2) is 48.5 Å². The first kappa shape index (κ1) is 27.7. The number of pyridine rings is 1. The summed E-state index contributed by atoms with van der Waals surface area (Å²) in [5.41, 5.74) is 4.21. The molecule has 2 aromatic carbocycles. The number of nitrogens with zero attached hydrogens (tertiary/aromatic N) is 1. The van der Waals surface area contributed by atoms with Gasteiger partial charge in [-0.05, 0) is 79.8 Å². The molecular weight excluding hydrogens is 500 g/mol.